The second-order valence-electron chi connectivity index (χ2n) is 2.10. The molecule has 2 heteroatoms. The summed E-state index contributed by atoms with van der Waals surface area (Å²) in [5.74, 6) is 0. The van der Waals surface area contributed by atoms with Gasteiger partial charge in [-0.05, 0) is 0 Å². The normalized spacial score (nSPS) is 10.0. The molecule has 0 spiro atoms. The first-order chi connectivity index (χ1) is 3.70. The van der Waals surface area contributed by atoms with Gasteiger partial charge in [0.25, 0.3) is 0 Å². The minimum atomic E-state index is 0.732. The summed E-state index contributed by atoms with van der Waals surface area (Å²) in [4.78, 5) is 1.47. The molecule has 1 rings (SSSR count). The van der Waals surface area contributed by atoms with Crippen molar-refractivity contribution in [1.82, 2.24) is 0 Å². The average molecular weight is 197 g/mol. The van der Waals surface area contributed by atoms with Crippen LogP contribution in [0.5, 0.6) is 0 Å². The molecule has 0 saturated heterocycles. The van der Waals surface area contributed by atoms with E-state index in [1.165, 1.54) is 10.4 Å². The monoisotopic (exact) mass is 196 g/mol. The molecule has 0 saturated carbocycles. The molecular formula is C6H7RbS. The van der Waals surface area contributed by atoms with E-state index in [1.807, 2.05) is 11.3 Å². The van der Waals surface area contributed by atoms with Gasteiger partial charge in [-0.25, -0.2) is 0 Å². The third-order valence-corrected chi connectivity index (χ3v) is 5.80. The van der Waals surface area contributed by atoms with E-state index in [2.05, 4.69) is 19.9 Å². The molecule has 1 aromatic rings. The van der Waals surface area contributed by atoms with Crippen molar-refractivity contribution in [1.29, 1.82) is 0 Å². The average Bonchev–Trinajstić information content (AvgIpc) is 1.85. The van der Waals surface area contributed by atoms with Crippen LogP contribution in [-0.2, 0) is 0 Å². The minimum absolute atomic E-state index is 0.732. The summed E-state index contributed by atoms with van der Waals surface area (Å²) in [6, 6.07) is 2.27. The molecular weight excluding hydrogens is 190 g/mol. The molecule has 0 aliphatic carbocycles. The summed E-state index contributed by atoms with van der Waals surface area (Å²) in [5, 5.41) is 0. The van der Waals surface area contributed by atoms with E-state index >= 15 is 0 Å². The van der Waals surface area contributed by atoms with Crippen LogP contribution in [0.3, 0.4) is 0 Å². The predicted octanol–water partition coefficient (Wildman–Crippen LogP) is 1.16. The van der Waals surface area contributed by atoms with Gasteiger partial charge in [-0.15, -0.1) is 0 Å². The Kier molecular flexibility index (Phi) is 2.91. The molecule has 0 radical (unpaired) electrons. The summed E-state index contributed by atoms with van der Waals surface area (Å²) in [5.41, 5.74) is 1.52. The Morgan fingerprint density at radius 2 is 2.12 bits per heavy atom. The van der Waals surface area contributed by atoms with Crippen molar-refractivity contribution >= 4 is 64.8 Å². The van der Waals surface area contributed by atoms with Gasteiger partial charge in [0.05, 0.1) is 0 Å². The van der Waals surface area contributed by atoms with Gasteiger partial charge in [0.15, 0.2) is 0 Å². The Morgan fingerprint density at radius 1 is 1.50 bits per heavy atom. The molecule has 0 amide bonds. The van der Waals surface area contributed by atoms with Crippen LogP contribution >= 0.6 is 11.3 Å². The Bertz CT molecular complexity index is 171. The second-order valence-corrected chi connectivity index (χ2v) is 7.80. The van der Waals surface area contributed by atoms with Crippen LogP contribution in [0.25, 0.3) is 0 Å². The number of rotatable bonds is 0. The van der Waals surface area contributed by atoms with Crippen LogP contribution in [0.4, 0.5) is 0 Å². The topological polar surface area (TPSA) is 0 Å². The molecule has 0 aromatic carbocycles. The van der Waals surface area contributed by atoms with Gasteiger partial charge in [0.2, 0.25) is 0 Å². The molecule has 0 fully saturated rings. The molecule has 1 aromatic heterocycles. The molecule has 38 valence electrons. The van der Waals surface area contributed by atoms with Crippen molar-refractivity contribution < 1.29 is 0 Å². The Morgan fingerprint density at radius 3 is 2.25 bits per heavy atom. The van der Waals surface area contributed by atoms with Crippen LogP contribution in [-0.4, -0.2) is 55.5 Å². The van der Waals surface area contributed by atoms with E-state index in [1.54, 1.807) is -2.05 Å². The zero-order chi connectivity index (χ0) is 6.15. The summed E-state index contributed by atoms with van der Waals surface area (Å²) >= 11 is 2.69. The molecule has 0 aliphatic heterocycles. The predicted molar refractivity (Wildman–Crippen MR) is 39.2 cm³/mol. The fourth-order valence-electron chi connectivity index (χ4n) is 0.758. The standard InChI is InChI=1S/C6H7S.Rb/c1-5-3-6(2)7-4-5;/h3H,1-2H3;. The quantitative estimate of drug-likeness (QED) is 0.584. The second kappa shape index (κ2) is 3.06. The van der Waals surface area contributed by atoms with Gasteiger partial charge in [-0.2, -0.15) is 0 Å². The van der Waals surface area contributed by atoms with E-state index in [9.17, 15) is 0 Å². The van der Waals surface area contributed by atoms with E-state index in [4.69, 9.17) is 0 Å². The first kappa shape index (κ1) is 7.61. The molecule has 0 aliphatic rings. The molecule has 8 heavy (non-hydrogen) atoms. The zero-order valence-electron chi connectivity index (χ0n) is 5.49. The van der Waals surface area contributed by atoms with Crippen molar-refractivity contribution in [3.05, 3.63) is 16.5 Å². The summed E-state index contributed by atoms with van der Waals surface area (Å²) in [6.45, 7) is 4.38. The fourth-order valence-corrected chi connectivity index (χ4v) is 4.43. The molecule has 0 atom stereocenters. The third kappa shape index (κ3) is 1.74. The van der Waals surface area contributed by atoms with Crippen molar-refractivity contribution in [3.63, 3.8) is 0 Å². The summed E-state index contributed by atoms with van der Waals surface area (Å²) in [7, 11) is 0. The van der Waals surface area contributed by atoms with Crippen molar-refractivity contribution in [3.8, 4) is 0 Å². The van der Waals surface area contributed by atoms with Crippen molar-refractivity contribution in [2.75, 3.05) is 0 Å². The molecule has 0 nitrogen and oxygen atoms in total. The first-order valence-electron chi connectivity index (χ1n) is 2.74. The SMILES string of the molecule is Cc1cc(C)[c]([Rb])s1. The van der Waals surface area contributed by atoms with Crippen molar-refractivity contribution in [2.24, 2.45) is 0 Å². The maximum atomic E-state index is 2.27. The van der Waals surface area contributed by atoms with Crippen LogP contribution < -0.4 is -2.05 Å². The molecule has 0 bridgehead atoms. The van der Waals surface area contributed by atoms with Crippen LogP contribution in [0.2, 0.25) is 0 Å². The van der Waals surface area contributed by atoms with Crippen LogP contribution in [0.15, 0.2) is 6.07 Å². The van der Waals surface area contributed by atoms with Gasteiger partial charge < -0.3 is 0 Å². The number of aryl methyl sites for hydroxylation is 2. The Hall–Kier alpha value is 1.51. The van der Waals surface area contributed by atoms with Crippen molar-refractivity contribution in [2.45, 2.75) is 13.8 Å². The Labute approximate surface area is 93.0 Å². The fraction of sp³-hybridized carbons (Fsp3) is 0.333. The van der Waals surface area contributed by atoms with E-state index in [0.29, 0.717) is 0 Å². The van der Waals surface area contributed by atoms with Gasteiger partial charge in [0, 0.05) is 0 Å². The molecule has 0 N–H and O–H groups in total. The number of hydrogen-bond donors (Lipinski definition) is 0. The first-order valence-corrected chi connectivity index (χ1v) is 6.01. The van der Waals surface area contributed by atoms with Crippen LogP contribution in [0.1, 0.15) is 10.4 Å². The number of hydrogen-bond acceptors (Lipinski definition) is 1. The summed E-state index contributed by atoms with van der Waals surface area (Å²) in [6.07, 6.45) is 0. The molecule has 1 heterocycles. The zero-order valence-corrected chi connectivity index (χ0v) is 11.2. The van der Waals surface area contributed by atoms with E-state index < -0.39 is 0 Å². The van der Waals surface area contributed by atoms with Gasteiger partial charge in [-0.3, -0.25) is 0 Å². The van der Waals surface area contributed by atoms with E-state index in [0.717, 1.165) is 55.5 Å². The summed E-state index contributed by atoms with van der Waals surface area (Å²) < 4.78 is 1.66. The molecule has 0 unspecified atom stereocenters. The Balaban J connectivity index is 3.14. The van der Waals surface area contributed by atoms with E-state index in [-0.39, 0.29) is 0 Å². The van der Waals surface area contributed by atoms with Crippen LogP contribution in [0, 0.1) is 13.8 Å². The van der Waals surface area contributed by atoms with Gasteiger partial charge >= 0.3 is 95.2 Å². The third-order valence-electron chi connectivity index (χ3n) is 1.29. The van der Waals surface area contributed by atoms with Gasteiger partial charge in [0.1, 0.15) is 0 Å². The van der Waals surface area contributed by atoms with Gasteiger partial charge in [-0.1, -0.05) is 0 Å². The maximum absolute atomic E-state index is 2.27. The number of thiophene rings is 1.